The first-order chi connectivity index (χ1) is 11.7. The Hall–Kier alpha value is -2.27. The molecule has 0 atom stereocenters. The van der Waals surface area contributed by atoms with Crippen LogP contribution in [0.15, 0.2) is 48.7 Å². The van der Waals surface area contributed by atoms with Gasteiger partial charge in [0.1, 0.15) is 5.82 Å². The predicted octanol–water partition coefficient (Wildman–Crippen LogP) is 2.50. The summed E-state index contributed by atoms with van der Waals surface area (Å²) in [5.74, 6) is -0.124. The molecule has 24 heavy (non-hydrogen) atoms. The second kappa shape index (κ2) is 8.02. The number of piperazine rings is 1. The molecule has 0 saturated carbocycles. The third kappa shape index (κ3) is 4.38. The van der Waals surface area contributed by atoms with Crippen LogP contribution in [0.2, 0.25) is 0 Å². The van der Waals surface area contributed by atoms with Gasteiger partial charge in [-0.1, -0.05) is 24.3 Å². The molecular formula is C19H22FN3O. The minimum absolute atomic E-state index is 0.107. The Morgan fingerprint density at radius 3 is 2.50 bits per heavy atom. The predicted molar refractivity (Wildman–Crippen MR) is 90.8 cm³/mol. The Kier molecular flexibility index (Phi) is 5.54. The van der Waals surface area contributed by atoms with Crippen LogP contribution in [0.4, 0.5) is 4.39 Å². The lowest BCUT2D eigenvalue weighted by molar-refractivity contribution is -0.133. The van der Waals surface area contributed by atoms with Crippen molar-refractivity contribution in [3.63, 3.8) is 0 Å². The highest BCUT2D eigenvalue weighted by Gasteiger charge is 2.21. The monoisotopic (exact) mass is 327 g/mol. The number of hydrogen-bond acceptors (Lipinski definition) is 3. The zero-order valence-corrected chi connectivity index (χ0v) is 13.7. The van der Waals surface area contributed by atoms with Gasteiger partial charge in [-0.25, -0.2) is 4.39 Å². The van der Waals surface area contributed by atoms with Crippen LogP contribution in [0.25, 0.3) is 0 Å². The largest absolute Gasteiger partial charge is 0.340 e. The van der Waals surface area contributed by atoms with Crippen LogP contribution < -0.4 is 0 Å². The summed E-state index contributed by atoms with van der Waals surface area (Å²) in [5.41, 5.74) is 1.66. The molecule has 0 aliphatic carbocycles. The summed E-state index contributed by atoms with van der Waals surface area (Å²) in [5, 5.41) is 0. The van der Waals surface area contributed by atoms with Crippen molar-refractivity contribution in [1.82, 2.24) is 14.8 Å². The van der Waals surface area contributed by atoms with Gasteiger partial charge in [-0.05, 0) is 30.2 Å². The summed E-state index contributed by atoms with van der Waals surface area (Å²) in [7, 11) is 0. The zero-order valence-electron chi connectivity index (χ0n) is 13.7. The maximum absolute atomic E-state index is 13.6. The molecule has 2 heterocycles. The summed E-state index contributed by atoms with van der Waals surface area (Å²) < 4.78 is 13.6. The van der Waals surface area contributed by atoms with E-state index in [1.54, 1.807) is 24.4 Å². The van der Waals surface area contributed by atoms with Crippen molar-refractivity contribution >= 4 is 5.91 Å². The highest BCUT2D eigenvalue weighted by molar-refractivity contribution is 5.76. The first-order valence-corrected chi connectivity index (χ1v) is 8.36. The third-order valence-electron chi connectivity index (χ3n) is 4.40. The quantitative estimate of drug-likeness (QED) is 0.847. The Labute approximate surface area is 141 Å². The number of hydrogen-bond donors (Lipinski definition) is 0. The average Bonchev–Trinajstić information content (AvgIpc) is 2.62. The lowest BCUT2D eigenvalue weighted by Gasteiger charge is -2.34. The number of aromatic nitrogens is 1. The van der Waals surface area contributed by atoms with Crippen LogP contribution in [0.5, 0.6) is 0 Å². The first kappa shape index (κ1) is 16.6. The van der Waals surface area contributed by atoms with E-state index in [1.165, 1.54) is 6.07 Å². The Morgan fingerprint density at radius 2 is 1.79 bits per heavy atom. The van der Waals surface area contributed by atoms with Crippen molar-refractivity contribution in [3.05, 3.63) is 65.7 Å². The van der Waals surface area contributed by atoms with Gasteiger partial charge in [0.2, 0.25) is 5.91 Å². The van der Waals surface area contributed by atoms with E-state index in [9.17, 15) is 9.18 Å². The van der Waals surface area contributed by atoms with Crippen molar-refractivity contribution < 1.29 is 9.18 Å². The summed E-state index contributed by atoms with van der Waals surface area (Å²) in [6.07, 6.45) is 2.62. The molecule has 0 bridgehead atoms. The summed E-state index contributed by atoms with van der Waals surface area (Å²) in [6, 6.07) is 12.6. The van der Waals surface area contributed by atoms with Gasteiger partial charge in [-0.15, -0.1) is 0 Å². The van der Waals surface area contributed by atoms with Gasteiger partial charge < -0.3 is 4.90 Å². The normalized spacial score (nSPS) is 15.5. The highest BCUT2D eigenvalue weighted by atomic mass is 19.1. The van der Waals surface area contributed by atoms with E-state index in [4.69, 9.17) is 0 Å². The van der Waals surface area contributed by atoms with Gasteiger partial charge in [-0.3, -0.25) is 14.7 Å². The van der Waals surface area contributed by atoms with Crippen LogP contribution in [0.1, 0.15) is 17.7 Å². The van der Waals surface area contributed by atoms with Gasteiger partial charge in [0.05, 0.1) is 5.69 Å². The van der Waals surface area contributed by atoms with Crippen LogP contribution in [-0.2, 0) is 17.8 Å². The van der Waals surface area contributed by atoms with Gasteiger partial charge in [0.15, 0.2) is 0 Å². The SMILES string of the molecule is O=C(CCc1ccccc1F)N1CCN(Cc2ccccn2)CC1. The van der Waals surface area contributed by atoms with Crippen molar-refractivity contribution in [1.29, 1.82) is 0 Å². The number of benzene rings is 1. The molecule has 1 aliphatic rings. The minimum Gasteiger partial charge on any atom is -0.340 e. The van der Waals surface area contributed by atoms with Gasteiger partial charge in [0.25, 0.3) is 0 Å². The van der Waals surface area contributed by atoms with Gasteiger partial charge in [-0.2, -0.15) is 0 Å². The molecule has 1 aromatic carbocycles. The number of carbonyl (C=O) groups excluding carboxylic acids is 1. The molecule has 1 fully saturated rings. The molecule has 0 unspecified atom stereocenters. The van der Waals surface area contributed by atoms with Crippen molar-refractivity contribution in [2.75, 3.05) is 26.2 Å². The minimum atomic E-state index is -0.231. The van der Waals surface area contributed by atoms with E-state index in [2.05, 4.69) is 9.88 Å². The number of rotatable bonds is 5. The molecule has 3 rings (SSSR count). The lowest BCUT2D eigenvalue weighted by atomic mass is 10.1. The molecule has 2 aromatic rings. The number of amides is 1. The number of nitrogens with zero attached hydrogens (tertiary/aromatic N) is 3. The topological polar surface area (TPSA) is 36.4 Å². The van der Waals surface area contributed by atoms with Crippen molar-refractivity contribution in [2.24, 2.45) is 0 Å². The molecule has 0 N–H and O–H groups in total. The molecule has 126 valence electrons. The molecule has 1 aromatic heterocycles. The van der Waals surface area contributed by atoms with Crippen LogP contribution >= 0.6 is 0 Å². The van der Waals surface area contributed by atoms with E-state index in [0.29, 0.717) is 18.4 Å². The molecule has 1 aliphatic heterocycles. The van der Waals surface area contributed by atoms with Gasteiger partial charge in [0, 0.05) is 45.3 Å². The third-order valence-corrected chi connectivity index (χ3v) is 4.40. The Morgan fingerprint density at radius 1 is 1.04 bits per heavy atom. The fourth-order valence-corrected chi connectivity index (χ4v) is 2.98. The van der Waals surface area contributed by atoms with E-state index < -0.39 is 0 Å². The number of aryl methyl sites for hydroxylation is 1. The fraction of sp³-hybridized carbons (Fsp3) is 0.368. The second-order valence-corrected chi connectivity index (χ2v) is 6.07. The molecule has 5 heteroatoms. The van der Waals surface area contributed by atoms with E-state index in [-0.39, 0.29) is 11.7 Å². The first-order valence-electron chi connectivity index (χ1n) is 8.36. The maximum atomic E-state index is 13.6. The van der Waals surface area contributed by atoms with Gasteiger partial charge >= 0.3 is 0 Å². The smallest absolute Gasteiger partial charge is 0.222 e. The zero-order chi connectivity index (χ0) is 16.8. The number of halogens is 1. The number of pyridine rings is 1. The highest BCUT2D eigenvalue weighted by Crippen LogP contribution is 2.12. The lowest BCUT2D eigenvalue weighted by Crippen LogP contribution is -2.48. The van der Waals surface area contributed by atoms with E-state index in [1.807, 2.05) is 23.1 Å². The van der Waals surface area contributed by atoms with Crippen molar-refractivity contribution in [2.45, 2.75) is 19.4 Å². The van der Waals surface area contributed by atoms with Crippen LogP contribution in [0.3, 0.4) is 0 Å². The average molecular weight is 327 g/mol. The fourth-order valence-electron chi connectivity index (χ4n) is 2.98. The maximum Gasteiger partial charge on any atom is 0.222 e. The molecule has 1 amide bonds. The Balaban J connectivity index is 1.44. The summed E-state index contributed by atoms with van der Waals surface area (Å²) >= 11 is 0. The second-order valence-electron chi connectivity index (χ2n) is 6.07. The van der Waals surface area contributed by atoms with E-state index in [0.717, 1.165) is 38.4 Å². The van der Waals surface area contributed by atoms with Crippen molar-refractivity contribution in [3.8, 4) is 0 Å². The standard InChI is InChI=1S/C19H22FN3O/c20-18-7-2-1-5-16(18)8-9-19(24)23-13-11-22(12-14-23)15-17-6-3-4-10-21-17/h1-7,10H,8-9,11-15H2. The number of carbonyl (C=O) groups is 1. The Bertz CT molecular complexity index is 669. The molecule has 0 radical (unpaired) electrons. The summed E-state index contributed by atoms with van der Waals surface area (Å²) in [4.78, 5) is 20.9. The molecule has 1 saturated heterocycles. The molecular weight excluding hydrogens is 305 g/mol. The molecule has 0 spiro atoms. The van der Waals surface area contributed by atoms with Crippen LogP contribution in [-0.4, -0.2) is 46.9 Å². The van der Waals surface area contributed by atoms with E-state index >= 15 is 0 Å². The summed E-state index contributed by atoms with van der Waals surface area (Å²) in [6.45, 7) is 3.97. The molecule has 4 nitrogen and oxygen atoms in total. The van der Waals surface area contributed by atoms with Crippen LogP contribution in [0, 0.1) is 5.82 Å².